The van der Waals surface area contributed by atoms with E-state index in [1.807, 2.05) is 34.7 Å². The number of hydrogen-bond donors (Lipinski definition) is 2. The Morgan fingerprint density at radius 3 is 2.84 bits per heavy atom. The van der Waals surface area contributed by atoms with E-state index in [9.17, 15) is 4.79 Å². The Morgan fingerprint density at radius 2 is 2.13 bits per heavy atom. The zero-order valence-electron chi connectivity index (χ0n) is 17.9. The number of piperidine rings is 1. The molecule has 164 valence electrons. The maximum atomic E-state index is 12.4. The summed E-state index contributed by atoms with van der Waals surface area (Å²) in [6.45, 7) is 6.23. The number of aromatic nitrogens is 4. The average molecular weight is 486 g/mol. The summed E-state index contributed by atoms with van der Waals surface area (Å²) >= 11 is 3.57. The number of rotatable bonds is 6. The van der Waals surface area contributed by atoms with Crippen LogP contribution in [0.5, 0.6) is 0 Å². The number of amides is 2. The molecular formula is C22H28BrN7O. The van der Waals surface area contributed by atoms with Gasteiger partial charge in [-0.2, -0.15) is 9.61 Å². The van der Waals surface area contributed by atoms with Gasteiger partial charge in [-0.3, -0.25) is 4.98 Å². The lowest BCUT2D eigenvalue weighted by molar-refractivity contribution is 0.177. The van der Waals surface area contributed by atoms with Crippen LogP contribution < -0.4 is 10.6 Å². The van der Waals surface area contributed by atoms with Crippen LogP contribution in [-0.4, -0.2) is 49.6 Å². The van der Waals surface area contributed by atoms with Crippen molar-refractivity contribution < 1.29 is 4.79 Å². The van der Waals surface area contributed by atoms with Gasteiger partial charge in [-0.25, -0.2) is 9.78 Å². The largest absolute Gasteiger partial charge is 0.366 e. The molecule has 1 aliphatic heterocycles. The number of likely N-dealkylation sites (tertiary alicyclic amines) is 1. The third-order valence-electron chi connectivity index (χ3n) is 5.83. The maximum Gasteiger partial charge on any atom is 0.317 e. The van der Waals surface area contributed by atoms with Gasteiger partial charge in [-0.05, 0) is 53.7 Å². The van der Waals surface area contributed by atoms with E-state index in [1.54, 1.807) is 12.4 Å². The number of carbonyl (C=O) groups is 1. The minimum atomic E-state index is 0.0357. The first-order valence-corrected chi connectivity index (χ1v) is 11.6. The van der Waals surface area contributed by atoms with Crippen LogP contribution in [-0.2, 0) is 6.54 Å². The number of carbonyl (C=O) groups excluding carboxylic acids is 1. The molecule has 2 amide bonds. The Bertz CT molecular complexity index is 1030. The minimum absolute atomic E-state index is 0.0357. The molecule has 0 spiro atoms. The fourth-order valence-electron chi connectivity index (χ4n) is 3.77. The molecule has 3 aromatic heterocycles. The van der Waals surface area contributed by atoms with Gasteiger partial charge in [0.05, 0.1) is 10.7 Å². The molecule has 1 fully saturated rings. The summed E-state index contributed by atoms with van der Waals surface area (Å²) in [7, 11) is 0. The summed E-state index contributed by atoms with van der Waals surface area (Å²) in [5.41, 5.74) is 2.92. The van der Waals surface area contributed by atoms with Gasteiger partial charge in [0.1, 0.15) is 5.82 Å². The van der Waals surface area contributed by atoms with Crippen LogP contribution in [0.25, 0.3) is 5.65 Å². The molecule has 4 heterocycles. The highest BCUT2D eigenvalue weighted by molar-refractivity contribution is 9.10. The van der Waals surface area contributed by atoms with Crippen molar-refractivity contribution in [1.82, 2.24) is 29.8 Å². The molecule has 9 heteroatoms. The number of nitrogens with one attached hydrogen (secondary N) is 2. The number of urea groups is 1. The quantitative estimate of drug-likeness (QED) is 0.546. The molecule has 8 nitrogen and oxygen atoms in total. The first-order valence-electron chi connectivity index (χ1n) is 10.8. The molecule has 0 aliphatic carbocycles. The van der Waals surface area contributed by atoms with E-state index in [-0.39, 0.29) is 12.1 Å². The van der Waals surface area contributed by atoms with E-state index in [2.05, 4.69) is 49.6 Å². The smallest absolute Gasteiger partial charge is 0.317 e. The summed E-state index contributed by atoms with van der Waals surface area (Å²) in [6.07, 6.45) is 8.11. The lowest BCUT2D eigenvalue weighted by Crippen LogP contribution is -2.46. The predicted octanol–water partition coefficient (Wildman–Crippen LogP) is 4.19. The van der Waals surface area contributed by atoms with Crippen molar-refractivity contribution in [3.63, 3.8) is 0 Å². The zero-order chi connectivity index (χ0) is 21.8. The minimum Gasteiger partial charge on any atom is -0.366 e. The normalized spacial score (nSPS) is 15.8. The summed E-state index contributed by atoms with van der Waals surface area (Å²) in [4.78, 5) is 23.4. The molecular weight excluding hydrogens is 458 g/mol. The fraction of sp³-hybridized carbons (Fsp3) is 0.455. The van der Waals surface area contributed by atoms with E-state index < -0.39 is 0 Å². The van der Waals surface area contributed by atoms with Crippen LogP contribution in [0.4, 0.5) is 10.6 Å². The van der Waals surface area contributed by atoms with E-state index in [0.717, 1.165) is 59.5 Å². The molecule has 0 bridgehead atoms. The Kier molecular flexibility index (Phi) is 6.70. The van der Waals surface area contributed by atoms with Gasteiger partial charge in [-0.1, -0.05) is 13.0 Å². The number of hydrogen-bond acceptors (Lipinski definition) is 5. The van der Waals surface area contributed by atoms with Crippen LogP contribution >= 0.6 is 15.9 Å². The monoisotopic (exact) mass is 485 g/mol. The van der Waals surface area contributed by atoms with Crippen LogP contribution in [0.1, 0.15) is 50.3 Å². The Hall–Kier alpha value is -2.68. The highest BCUT2D eigenvalue weighted by atomic mass is 79.9. The van der Waals surface area contributed by atoms with Crippen molar-refractivity contribution in [3.05, 3.63) is 52.5 Å². The summed E-state index contributed by atoms with van der Waals surface area (Å²) in [5.74, 6) is 1.20. The van der Waals surface area contributed by atoms with Crippen LogP contribution in [0.15, 0.2) is 41.3 Å². The molecule has 0 aromatic carbocycles. The van der Waals surface area contributed by atoms with E-state index in [1.165, 1.54) is 0 Å². The molecule has 1 saturated heterocycles. The van der Waals surface area contributed by atoms with Crippen molar-refractivity contribution in [3.8, 4) is 0 Å². The summed E-state index contributed by atoms with van der Waals surface area (Å²) in [5, 5.41) is 11.0. The zero-order valence-corrected chi connectivity index (χ0v) is 19.5. The van der Waals surface area contributed by atoms with E-state index >= 15 is 0 Å². The first-order chi connectivity index (χ1) is 15.0. The van der Waals surface area contributed by atoms with Gasteiger partial charge in [0, 0.05) is 55.7 Å². The highest BCUT2D eigenvalue weighted by Gasteiger charge is 2.26. The SMILES string of the molecule is CCC(C)NC(=O)N1CCC(c2cc(NCc3cccnc3)n3ncc(Br)c3n2)CC1. The fourth-order valence-corrected chi connectivity index (χ4v) is 4.12. The number of pyridine rings is 1. The van der Waals surface area contributed by atoms with Gasteiger partial charge in [0.2, 0.25) is 0 Å². The van der Waals surface area contributed by atoms with E-state index in [4.69, 9.17) is 4.98 Å². The van der Waals surface area contributed by atoms with Crippen molar-refractivity contribution >= 4 is 33.4 Å². The van der Waals surface area contributed by atoms with Crippen molar-refractivity contribution in [2.24, 2.45) is 0 Å². The molecule has 1 atom stereocenters. The molecule has 4 rings (SSSR count). The topological polar surface area (TPSA) is 87.5 Å². The highest BCUT2D eigenvalue weighted by Crippen LogP contribution is 2.30. The second-order valence-electron chi connectivity index (χ2n) is 8.03. The number of halogens is 1. The molecule has 0 saturated carbocycles. The van der Waals surface area contributed by atoms with Gasteiger partial charge in [-0.15, -0.1) is 0 Å². The molecule has 31 heavy (non-hydrogen) atoms. The second kappa shape index (κ2) is 9.64. The molecule has 1 aliphatic rings. The van der Waals surface area contributed by atoms with Gasteiger partial charge >= 0.3 is 6.03 Å². The Labute approximate surface area is 190 Å². The molecule has 3 aromatic rings. The van der Waals surface area contributed by atoms with Crippen molar-refractivity contribution in [1.29, 1.82) is 0 Å². The van der Waals surface area contributed by atoms with Crippen LogP contribution in [0.2, 0.25) is 0 Å². The molecule has 2 N–H and O–H groups in total. The van der Waals surface area contributed by atoms with E-state index in [0.29, 0.717) is 12.5 Å². The third kappa shape index (κ3) is 4.98. The molecule has 0 radical (unpaired) electrons. The molecule has 1 unspecified atom stereocenters. The average Bonchev–Trinajstić information content (AvgIpc) is 3.19. The lowest BCUT2D eigenvalue weighted by atomic mass is 9.93. The van der Waals surface area contributed by atoms with Crippen molar-refractivity contribution in [2.75, 3.05) is 18.4 Å². The number of fused-ring (bicyclic) bond motifs is 1. The third-order valence-corrected chi connectivity index (χ3v) is 6.39. The van der Waals surface area contributed by atoms with Gasteiger partial charge < -0.3 is 15.5 Å². The predicted molar refractivity (Wildman–Crippen MR) is 124 cm³/mol. The Morgan fingerprint density at radius 1 is 1.32 bits per heavy atom. The summed E-state index contributed by atoms with van der Waals surface area (Å²) in [6, 6.07) is 6.29. The van der Waals surface area contributed by atoms with Gasteiger partial charge in [0.25, 0.3) is 0 Å². The number of anilines is 1. The number of nitrogens with zero attached hydrogens (tertiary/aromatic N) is 5. The van der Waals surface area contributed by atoms with Crippen molar-refractivity contribution in [2.45, 2.75) is 51.6 Å². The standard InChI is InChI=1S/C22H28BrN7O/c1-3-15(2)27-22(31)29-9-6-17(7-10-29)19-11-20(25-13-16-5-4-8-24-12-16)30-21(28-19)18(23)14-26-30/h4-5,8,11-12,14-15,17,25H,3,6-7,9-10,13H2,1-2H3,(H,27,31). The van der Waals surface area contributed by atoms with Crippen LogP contribution in [0.3, 0.4) is 0 Å². The van der Waals surface area contributed by atoms with Crippen LogP contribution in [0, 0.1) is 0 Å². The Balaban J connectivity index is 1.49. The second-order valence-corrected chi connectivity index (χ2v) is 8.88. The maximum absolute atomic E-state index is 12.4. The lowest BCUT2D eigenvalue weighted by Gasteiger charge is -2.32. The van der Waals surface area contributed by atoms with Gasteiger partial charge in [0.15, 0.2) is 5.65 Å². The summed E-state index contributed by atoms with van der Waals surface area (Å²) < 4.78 is 2.68. The first kappa shape index (κ1) is 21.5.